The van der Waals surface area contributed by atoms with E-state index in [0.717, 1.165) is 11.4 Å². The van der Waals surface area contributed by atoms with E-state index in [-0.39, 0.29) is 31.0 Å². The molecule has 0 spiro atoms. The number of hydrogen-bond donors (Lipinski definition) is 0. The van der Waals surface area contributed by atoms with Gasteiger partial charge < -0.3 is 0 Å². The Morgan fingerprint density at radius 3 is 1.02 bits per heavy atom. The Morgan fingerprint density at radius 1 is 0.492 bits per heavy atom. The van der Waals surface area contributed by atoms with Crippen LogP contribution in [0, 0.1) is 22.7 Å². The van der Waals surface area contributed by atoms with Crippen molar-refractivity contribution < 1.29 is 79.4 Å². The standard InChI is InChI=1S/C21H13N3O2.C10H8N2.2C2H3N.2F6P.Ru/c25-15-7-8-21(26)16(13-15)14-11-19(17-5-1-3-9-22-17)24-20(12-14)18-6-2-4-10-23-18;1-3-7-11-9(5-1)10-6-2-4-8-12-10;2*1-2-3;2*1-7(2,3,4,5)6;/h1-13H;1-8H;2*1H3;;;/q;;;;2*-1;+2. The molecule has 1 aliphatic carbocycles. The van der Waals surface area contributed by atoms with Crippen LogP contribution >= 0.6 is 15.6 Å². The maximum atomic E-state index is 12.3. The monoisotopic (exact) mass is 969 g/mol. The molecule has 59 heavy (non-hydrogen) atoms. The molecule has 316 valence electrons. The molecular formula is C35H27F12N7O2P2Ru. The zero-order valence-electron chi connectivity index (χ0n) is 29.9. The summed E-state index contributed by atoms with van der Waals surface area (Å²) >= 11 is 0. The molecule has 1 aliphatic rings. The van der Waals surface area contributed by atoms with Crippen LogP contribution in [0.1, 0.15) is 19.4 Å². The summed E-state index contributed by atoms with van der Waals surface area (Å²) < 4.78 is 118. The van der Waals surface area contributed by atoms with E-state index in [4.69, 9.17) is 10.5 Å². The van der Waals surface area contributed by atoms with Crippen molar-refractivity contribution in [3.63, 3.8) is 0 Å². The Morgan fingerprint density at radius 2 is 0.763 bits per heavy atom. The van der Waals surface area contributed by atoms with Crippen molar-refractivity contribution in [2.24, 2.45) is 0 Å². The average molecular weight is 969 g/mol. The van der Waals surface area contributed by atoms with Crippen molar-refractivity contribution in [2.75, 3.05) is 0 Å². The number of carbonyl (C=O) groups is 2. The van der Waals surface area contributed by atoms with E-state index in [1.165, 1.54) is 32.1 Å². The van der Waals surface area contributed by atoms with Gasteiger partial charge in [-0.15, -0.1) is 0 Å². The van der Waals surface area contributed by atoms with E-state index in [0.29, 0.717) is 33.9 Å². The third-order valence-electron chi connectivity index (χ3n) is 5.53. The predicted molar refractivity (Wildman–Crippen MR) is 195 cm³/mol. The Balaban J connectivity index is 0.000000845. The molecule has 0 radical (unpaired) electrons. The van der Waals surface area contributed by atoms with Crippen LogP contribution in [0.4, 0.5) is 50.4 Å². The molecule has 0 aliphatic heterocycles. The summed E-state index contributed by atoms with van der Waals surface area (Å²) in [6, 6.07) is 29.7. The number of ketones is 2. The quantitative estimate of drug-likeness (QED) is 0.0743. The number of rotatable bonds is 4. The van der Waals surface area contributed by atoms with Crippen LogP contribution in [0.2, 0.25) is 0 Å². The third-order valence-corrected chi connectivity index (χ3v) is 5.53. The molecule has 9 nitrogen and oxygen atoms in total. The van der Waals surface area contributed by atoms with Crippen molar-refractivity contribution in [3.8, 4) is 46.3 Å². The first-order valence-corrected chi connectivity index (χ1v) is 19.4. The summed E-state index contributed by atoms with van der Waals surface area (Å²) in [4.78, 5) is 45.7. The number of hydrogen-bond acceptors (Lipinski definition) is 9. The molecule has 0 aromatic carbocycles. The number of carbonyl (C=O) groups excluding carboxylic acids is 2. The van der Waals surface area contributed by atoms with Crippen LogP contribution in [0.5, 0.6) is 0 Å². The van der Waals surface area contributed by atoms with Crippen LogP contribution in [0.15, 0.2) is 128 Å². The molecule has 24 heteroatoms. The normalized spacial score (nSPS) is 13.7. The molecule has 5 heterocycles. The Hall–Kier alpha value is -5.81. The number of allylic oxidation sites excluding steroid dienone is 4. The minimum absolute atomic E-state index is 0. The summed E-state index contributed by atoms with van der Waals surface area (Å²) in [7, 11) is -21.3. The minimum atomic E-state index is -10.7. The van der Waals surface area contributed by atoms with Crippen LogP contribution in [-0.4, -0.2) is 36.5 Å². The predicted octanol–water partition coefficient (Wildman–Crippen LogP) is 13.3. The summed E-state index contributed by atoms with van der Waals surface area (Å²) in [6.07, 6.45) is 10.8. The first-order chi connectivity index (χ1) is 26.4. The maximum Gasteiger partial charge on any atom is 2.00 e. The zero-order valence-corrected chi connectivity index (χ0v) is 33.4. The fraction of sp³-hybridized carbons (Fsp3) is 0.0571. The van der Waals surface area contributed by atoms with E-state index >= 15 is 0 Å². The zero-order chi connectivity index (χ0) is 44.4. The molecule has 0 N–H and O–H groups in total. The van der Waals surface area contributed by atoms with E-state index in [1.807, 2.05) is 72.8 Å². The van der Waals surface area contributed by atoms with Crippen LogP contribution in [0.25, 0.3) is 39.7 Å². The first kappa shape index (κ1) is 53.2. The van der Waals surface area contributed by atoms with Gasteiger partial charge in [0, 0.05) is 44.2 Å². The molecule has 0 saturated carbocycles. The van der Waals surface area contributed by atoms with E-state index < -0.39 is 15.6 Å². The van der Waals surface area contributed by atoms with E-state index in [1.54, 1.807) is 49.1 Å². The fourth-order valence-corrected chi connectivity index (χ4v) is 3.74. The summed E-state index contributed by atoms with van der Waals surface area (Å²) in [5, 5.41) is 14.6. The van der Waals surface area contributed by atoms with E-state index in [9.17, 15) is 60.0 Å². The van der Waals surface area contributed by atoms with Gasteiger partial charge in [0.1, 0.15) is 0 Å². The van der Waals surface area contributed by atoms with Gasteiger partial charge in [0.15, 0.2) is 11.6 Å². The molecule has 0 amide bonds. The Labute approximate surface area is 340 Å². The van der Waals surface area contributed by atoms with Crippen LogP contribution in [0.3, 0.4) is 0 Å². The molecule has 0 bridgehead atoms. The summed E-state index contributed by atoms with van der Waals surface area (Å²) in [5.74, 6) is -0.426. The van der Waals surface area contributed by atoms with Gasteiger partial charge in [-0.3, -0.25) is 29.5 Å². The SMILES string of the molecule is CC#N.CC#N.F[P-](F)(F)(F)(F)F.F[P-](F)(F)(F)(F)F.O=C1C=CC(=O)C(c2cc(-c3ccccn3)nc(-c3ccccn3)c2)=C1.[Ru+2].c1ccc(-c2ccccn2)nc1. The van der Waals surface area contributed by atoms with Gasteiger partial charge in [-0.05, 0) is 84.5 Å². The smallest absolute Gasteiger partial charge is 0.290 e. The second-order valence-electron chi connectivity index (χ2n) is 10.5. The molecule has 6 rings (SSSR count). The number of nitriles is 2. The van der Waals surface area contributed by atoms with Crippen molar-refractivity contribution >= 4 is 32.8 Å². The van der Waals surface area contributed by atoms with Crippen LogP contribution < -0.4 is 0 Å². The second kappa shape index (κ2) is 20.2. The van der Waals surface area contributed by atoms with Gasteiger partial charge in [0.2, 0.25) is 0 Å². The molecule has 5 aromatic heterocycles. The van der Waals surface area contributed by atoms with Gasteiger partial charge in [0.05, 0.1) is 46.3 Å². The van der Waals surface area contributed by atoms with E-state index in [2.05, 4.69) is 24.9 Å². The second-order valence-corrected chi connectivity index (χ2v) is 14.3. The molecular weight excluding hydrogens is 941 g/mol. The van der Waals surface area contributed by atoms with Gasteiger partial charge >= 0.3 is 85.5 Å². The first-order valence-electron chi connectivity index (χ1n) is 15.3. The average Bonchev–Trinajstić information content (AvgIpc) is 3.12. The molecule has 0 unspecified atom stereocenters. The van der Waals surface area contributed by atoms with Gasteiger partial charge in [-0.25, -0.2) is 4.98 Å². The number of aromatic nitrogens is 5. The number of pyridine rings is 5. The minimum Gasteiger partial charge on any atom is -0.290 e. The topological polar surface area (TPSA) is 146 Å². The number of halogens is 12. The summed E-state index contributed by atoms with van der Waals surface area (Å²) in [5.41, 5.74) is 5.36. The summed E-state index contributed by atoms with van der Waals surface area (Å²) in [6.45, 7) is 2.86. The number of nitrogens with zero attached hydrogens (tertiary/aromatic N) is 7. The third kappa shape index (κ3) is 29.1. The Bertz CT molecular complexity index is 2140. The molecule has 0 saturated heterocycles. The Kier molecular flexibility index (Phi) is 18.3. The molecule has 0 fully saturated rings. The maximum absolute atomic E-state index is 12.3. The fourth-order valence-electron chi connectivity index (χ4n) is 3.74. The molecule has 0 atom stereocenters. The van der Waals surface area contributed by atoms with Gasteiger partial charge in [-0.2, -0.15) is 10.5 Å². The molecule has 5 aromatic rings. The van der Waals surface area contributed by atoms with Crippen LogP contribution in [-0.2, 0) is 29.1 Å². The largest absolute Gasteiger partial charge is 2.00 e. The van der Waals surface area contributed by atoms with Crippen molar-refractivity contribution in [1.82, 2.24) is 24.9 Å². The van der Waals surface area contributed by atoms with Crippen molar-refractivity contribution in [1.29, 1.82) is 10.5 Å². The van der Waals surface area contributed by atoms with Gasteiger partial charge in [-0.1, -0.05) is 24.3 Å². The van der Waals surface area contributed by atoms with Gasteiger partial charge in [0.25, 0.3) is 0 Å². The van der Waals surface area contributed by atoms with Crippen molar-refractivity contribution in [3.05, 3.63) is 134 Å². The van der Waals surface area contributed by atoms with Crippen molar-refractivity contribution in [2.45, 2.75) is 13.8 Å².